The van der Waals surface area contributed by atoms with Crippen LogP contribution in [0.2, 0.25) is 0 Å². The number of hydrogen-bond acceptors (Lipinski definition) is 7. The van der Waals surface area contributed by atoms with E-state index in [0.717, 1.165) is 48.8 Å². The van der Waals surface area contributed by atoms with E-state index < -0.39 is 10.0 Å². The maximum Gasteiger partial charge on any atom is 0.209 e. The summed E-state index contributed by atoms with van der Waals surface area (Å²) in [5, 5.41) is 10.2. The molecule has 0 bridgehead atoms. The number of benzene rings is 1. The first-order valence-electron chi connectivity index (χ1n) is 10.6. The molecule has 0 radical (unpaired) electrons. The third kappa shape index (κ3) is 5.38. The SMILES string of the molecule is Cc1nnc(N2CC[C@H](NS(C)(=O)=O)[C@@H]2COC2CCC(c3ccccc3)CC2)s1. The van der Waals surface area contributed by atoms with Gasteiger partial charge in [-0.1, -0.05) is 41.7 Å². The number of rotatable bonds is 7. The summed E-state index contributed by atoms with van der Waals surface area (Å²) in [5.41, 5.74) is 1.42. The van der Waals surface area contributed by atoms with Crippen molar-refractivity contribution in [2.24, 2.45) is 0 Å². The van der Waals surface area contributed by atoms with E-state index in [1.807, 2.05) is 6.92 Å². The summed E-state index contributed by atoms with van der Waals surface area (Å²) >= 11 is 1.54. The van der Waals surface area contributed by atoms with Gasteiger partial charge in [0.25, 0.3) is 0 Å². The molecule has 7 nitrogen and oxygen atoms in total. The monoisotopic (exact) mass is 450 g/mol. The van der Waals surface area contributed by atoms with E-state index in [1.165, 1.54) is 23.2 Å². The van der Waals surface area contributed by atoms with Crippen molar-refractivity contribution in [1.82, 2.24) is 14.9 Å². The average molecular weight is 451 g/mol. The summed E-state index contributed by atoms with van der Waals surface area (Å²) in [6.07, 6.45) is 6.51. The van der Waals surface area contributed by atoms with E-state index in [-0.39, 0.29) is 18.2 Å². The van der Waals surface area contributed by atoms with Crippen LogP contribution in [0.25, 0.3) is 0 Å². The molecule has 2 aromatic rings. The molecular weight excluding hydrogens is 420 g/mol. The van der Waals surface area contributed by atoms with Gasteiger partial charge in [0.05, 0.1) is 25.0 Å². The molecule has 1 N–H and O–H groups in total. The first kappa shape index (κ1) is 21.7. The lowest BCUT2D eigenvalue weighted by molar-refractivity contribution is 0.0157. The van der Waals surface area contributed by atoms with Crippen molar-refractivity contribution in [3.63, 3.8) is 0 Å². The number of aryl methyl sites for hydroxylation is 1. The van der Waals surface area contributed by atoms with Gasteiger partial charge in [-0.25, -0.2) is 13.1 Å². The minimum atomic E-state index is -3.29. The predicted molar refractivity (Wildman–Crippen MR) is 120 cm³/mol. The Balaban J connectivity index is 1.37. The second-order valence-corrected chi connectivity index (χ2v) is 11.3. The topological polar surface area (TPSA) is 84.4 Å². The van der Waals surface area contributed by atoms with E-state index in [9.17, 15) is 8.42 Å². The van der Waals surface area contributed by atoms with Crippen LogP contribution in [-0.4, -0.2) is 56.2 Å². The zero-order valence-corrected chi connectivity index (χ0v) is 19.2. The van der Waals surface area contributed by atoms with Crippen LogP contribution in [0.3, 0.4) is 0 Å². The molecule has 0 unspecified atom stereocenters. The average Bonchev–Trinajstić information content (AvgIpc) is 3.32. The second kappa shape index (κ2) is 9.30. The first-order valence-corrected chi connectivity index (χ1v) is 13.3. The highest BCUT2D eigenvalue weighted by Crippen LogP contribution is 2.35. The van der Waals surface area contributed by atoms with Crippen molar-refractivity contribution in [2.75, 3.05) is 24.3 Å². The summed E-state index contributed by atoms with van der Waals surface area (Å²) < 4.78 is 32.9. The Morgan fingerprint density at radius 1 is 1.13 bits per heavy atom. The van der Waals surface area contributed by atoms with Crippen molar-refractivity contribution >= 4 is 26.5 Å². The van der Waals surface area contributed by atoms with E-state index in [1.54, 1.807) is 0 Å². The van der Waals surface area contributed by atoms with Gasteiger partial charge in [0.15, 0.2) is 0 Å². The van der Waals surface area contributed by atoms with Crippen LogP contribution in [0.5, 0.6) is 0 Å². The van der Waals surface area contributed by atoms with E-state index in [2.05, 4.69) is 50.2 Å². The minimum Gasteiger partial charge on any atom is -0.376 e. The van der Waals surface area contributed by atoms with Crippen molar-refractivity contribution in [3.05, 3.63) is 40.9 Å². The zero-order chi connectivity index (χ0) is 21.1. The quantitative estimate of drug-likeness (QED) is 0.698. The number of anilines is 1. The lowest BCUT2D eigenvalue weighted by Crippen LogP contribution is -2.48. The molecular formula is C21H30N4O3S2. The van der Waals surface area contributed by atoms with Crippen LogP contribution >= 0.6 is 11.3 Å². The Hall–Kier alpha value is -1.55. The van der Waals surface area contributed by atoms with E-state index >= 15 is 0 Å². The molecule has 2 fully saturated rings. The number of aromatic nitrogens is 2. The fourth-order valence-corrected chi connectivity index (χ4v) is 6.23. The number of nitrogens with zero attached hydrogens (tertiary/aromatic N) is 3. The lowest BCUT2D eigenvalue weighted by Gasteiger charge is -2.32. The van der Waals surface area contributed by atoms with Gasteiger partial charge in [0.2, 0.25) is 15.2 Å². The Morgan fingerprint density at radius 2 is 1.87 bits per heavy atom. The molecule has 0 amide bonds. The van der Waals surface area contributed by atoms with Gasteiger partial charge in [0.1, 0.15) is 5.01 Å². The lowest BCUT2D eigenvalue weighted by atomic mass is 9.83. The molecule has 1 aromatic heterocycles. The smallest absolute Gasteiger partial charge is 0.209 e. The third-order valence-electron chi connectivity index (χ3n) is 6.12. The Labute approximate surface area is 182 Å². The summed E-state index contributed by atoms with van der Waals surface area (Å²) in [6.45, 7) is 3.17. The molecule has 0 spiro atoms. The Kier molecular flexibility index (Phi) is 6.72. The van der Waals surface area contributed by atoms with Crippen LogP contribution in [-0.2, 0) is 14.8 Å². The summed E-state index contributed by atoms with van der Waals surface area (Å²) in [4.78, 5) is 2.16. The van der Waals surface area contributed by atoms with Crippen molar-refractivity contribution in [2.45, 2.75) is 63.1 Å². The highest BCUT2D eigenvalue weighted by Gasteiger charge is 2.38. The largest absolute Gasteiger partial charge is 0.376 e. The fourth-order valence-electron chi connectivity index (χ4n) is 4.63. The van der Waals surface area contributed by atoms with Crippen molar-refractivity contribution < 1.29 is 13.2 Å². The number of sulfonamides is 1. The van der Waals surface area contributed by atoms with Gasteiger partial charge >= 0.3 is 0 Å². The maximum atomic E-state index is 11.9. The maximum absolute atomic E-state index is 11.9. The molecule has 1 saturated heterocycles. The first-order chi connectivity index (χ1) is 14.4. The molecule has 4 rings (SSSR count). The Morgan fingerprint density at radius 3 is 2.50 bits per heavy atom. The molecule has 164 valence electrons. The molecule has 30 heavy (non-hydrogen) atoms. The van der Waals surface area contributed by atoms with Crippen LogP contribution in [0.15, 0.2) is 30.3 Å². The van der Waals surface area contributed by atoms with Crippen LogP contribution in [0.1, 0.15) is 48.6 Å². The normalized spacial score (nSPS) is 27.5. The van der Waals surface area contributed by atoms with Crippen LogP contribution in [0.4, 0.5) is 5.13 Å². The van der Waals surface area contributed by atoms with Gasteiger partial charge in [-0.2, -0.15) is 0 Å². The predicted octanol–water partition coefficient (Wildman–Crippen LogP) is 3.09. The van der Waals surface area contributed by atoms with E-state index in [0.29, 0.717) is 12.5 Å². The summed E-state index contributed by atoms with van der Waals surface area (Å²) in [6, 6.07) is 10.5. The number of ether oxygens (including phenoxy) is 1. The second-order valence-electron chi connectivity index (χ2n) is 8.37. The van der Waals surface area contributed by atoms with Crippen molar-refractivity contribution in [1.29, 1.82) is 0 Å². The fraction of sp³-hybridized carbons (Fsp3) is 0.619. The molecule has 9 heteroatoms. The zero-order valence-electron chi connectivity index (χ0n) is 17.5. The summed E-state index contributed by atoms with van der Waals surface area (Å²) in [5.74, 6) is 0.609. The van der Waals surface area contributed by atoms with Gasteiger partial charge < -0.3 is 9.64 Å². The molecule has 1 aliphatic heterocycles. The van der Waals surface area contributed by atoms with E-state index in [4.69, 9.17) is 4.74 Å². The van der Waals surface area contributed by atoms with Crippen molar-refractivity contribution in [3.8, 4) is 0 Å². The Bertz CT molecular complexity index is 927. The standard InChI is InChI=1S/C21H30N4O3S2/c1-15-22-23-21(29-15)25-13-12-19(24-30(2,26)27)20(25)14-28-18-10-8-17(9-11-18)16-6-4-3-5-7-16/h3-7,17-20,24H,8-14H2,1-2H3/t17?,18?,19-,20-/m0/s1. The van der Waals surface area contributed by atoms with Gasteiger partial charge in [-0.15, -0.1) is 10.2 Å². The highest BCUT2D eigenvalue weighted by atomic mass is 32.2. The third-order valence-corrected chi connectivity index (χ3v) is 7.73. The molecule has 2 heterocycles. The van der Waals surface area contributed by atoms with Crippen LogP contribution < -0.4 is 9.62 Å². The number of hydrogen-bond donors (Lipinski definition) is 1. The molecule has 1 aromatic carbocycles. The molecule has 2 atom stereocenters. The number of nitrogens with one attached hydrogen (secondary N) is 1. The molecule has 2 aliphatic rings. The summed E-state index contributed by atoms with van der Waals surface area (Å²) in [7, 11) is -3.29. The van der Waals surface area contributed by atoms with Crippen LogP contribution in [0, 0.1) is 6.92 Å². The van der Waals surface area contributed by atoms with Gasteiger partial charge in [-0.3, -0.25) is 0 Å². The highest BCUT2D eigenvalue weighted by molar-refractivity contribution is 7.88. The molecule has 1 aliphatic carbocycles. The van der Waals surface area contributed by atoms with Gasteiger partial charge in [-0.05, 0) is 50.5 Å². The van der Waals surface area contributed by atoms with Gasteiger partial charge in [0, 0.05) is 12.6 Å². The minimum absolute atomic E-state index is 0.0704. The molecule has 1 saturated carbocycles.